The molecule has 0 aliphatic rings. The van der Waals surface area contributed by atoms with E-state index in [2.05, 4.69) is 4.98 Å². The van der Waals surface area contributed by atoms with E-state index >= 15 is 0 Å². The lowest BCUT2D eigenvalue weighted by atomic mass is 10.2. The molecule has 0 aromatic carbocycles. The van der Waals surface area contributed by atoms with Crippen molar-refractivity contribution in [3.8, 4) is 0 Å². The molecule has 0 unspecified atom stereocenters. The average molecular weight is 230 g/mol. The van der Waals surface area contributed by atoms with E-state index in [1.165, 1.54) is 22.8 Å². The molecule has 0 spiro atoms. The number of aromatic nitrogens is 2. The Labute approximate surface area is 97.0 Å². The molecule has 2 rings (SSSR count). The molecule has 5 heteroatoms. The molecule has 2 aromatic heterocycles. The first kappa shape index (κ1) is 11.1. The van der Waals surface area contributed by atoms with Crippen molar-refractivity contribution in [2.45, 2.75) is 6.54 Å². The van der Waals surface area contributed by atoms with Crippen LogP contribution < -0.4 is 5.56 Å². The van der Waals surface area contributed by atoms with Crippen LogP contribution in [0, 0.1) is 0 Å². The third-order valence-corrected chi connectivity index (χ3v) is 2.33. The Kier molecular flexibility index (Phi) is 3.00. The summed E-state index contributed by atoms with van der Waals surface area (Å²) in [6.07, 6.45) is 3.22. The Balaban J connectivity index is 2.45. The van der Waals surface area contributed by atoms with Gasteiger partial charge in [-0.05, 0) is 17.7 Å². The standard InChI is InChI=1S/C12H10N2O3/c15-11-5-1-4-10(12(16)17)14(11)8-9-3-2-6-13-7-9/h1-7H,8H2,(H,16,17). The lowest BCUT2D eigenvalue weighted by Crippen LogP contribution is -2.25. The first-order chi connectivity index (χ1) is 8.18. The number of hydrogen-bond acceptors (Lipinski definition) is 3. The highest BCUT2D eigenvalue weighted by Gasteiger charge is 2.10. The molecule has 0 amide bonds. The second-order valence-corrected chi connectivity index (χ2v) is 3.50. The van der Waals surface area contributed by atoms with E-state index in [0.717, 1.165) is 5.56 Å². The third-order valence-electron chi connectivity index (χ3n) is 2.33. The molecule has 0 bridgehead atoms. The maximum atomic E-state index is 11.6. The summed E-state index contributed by atoms with van der Waals surface area (Å²) in [6.45, 7) is 0.204. The van der Waals surface area contributed by atoms with Crippen molar-refractivity contribution >= 4 is 5.97 Å². The first-order valence-corrected chi connectivity index (χ1v) is 5.00. The Morgan fingerprint density at radius 3 is 2.76 bits per heavy atom. The van der Waals surface area contributed by atoms with Gasteiger partial charge in [-0.1, -0.05) is 12.1 Å². The molecule has 0 aliphatic carbocycles. The van der Waals surface area contributed by atoms with Crippen LogP contribution in [-0.4, -0.2) is 20.6 Å². The Morgan fingerprint density at radius 2 is 2.12 bits per heavy atom. The van der Waals surface area contributed by atoms with Crippen LogP contribution >= 0.6 is 0 Å². The number of hydrogen-bond donors (Lipinski definition) is 1. The third kappa shape index (κ3) is 2.39. The summed E-state index contributed by atoms with van der Waals surface area (Å²) in [5, 5.41) is 8.99. The van der Waals surface area contributed by atoms with Crippen LogP contribution in [0.5, 0.6) is 0 Å². The number of rotatable bonds is 3. The molecule has 17 heavy (non-hydrogen) atoms. The number of carboxylic acids is 1. The van der Waals surface area contributed by atoms with E-state index < -0.39 is 5.97 Å². The van der Waals surface area contributed by atoms with Crippen LogP contribution in [0.3, 0.4) is 0 Å². The summed E-state index contributed by atoms with van der Waals surface area (Å²) >= 11 is 0. The largest absolute Gasteiger partial charge is 0.477 e. The van der Waals surface area contributed by atoms with Gasteiger partial charge in [0.2, 0.25) is 0 Å². The molecule has 0 atom stereocenters. The lowest BCUT2D eigenvalue weighted by Gasteiger charge is -2.08. The molecule has 2 heterocycles. The van der Waals surface area contributed by atoms with Crippen LogP contribution in [0.1, 0.15) is 16.1 Å². The minimum atomic E-state index is -1.12. The molecule has 2 aromatic rings. The van der Waals surface area contributed by atoms with Crippen molar-refractivity contribution in [1.29, 1.82) is 0 Å². The smallest absolute Gasteiger partial charge is 0.352 e. The maximum absolute atomic E-state index is 11.6. The van der Waals surface area contributed by atoms with Crippen LogP contribution in [0.15, 0.2) is 47.5 Å². The fourth-order valence-electron chi connectivity index (χ4n) is 1.54. The minimum Gasteiger partial charge on any atom is -0.477 e. The van der Waals surface area contributed by atoms with Crippen molar-refractivity contribution in [1.82, 2.24) is 9.55 Å². The number of nitrogens with zero attached hydrogens (tertiary/aromatic N) is 2. The minimum absolute atomic E-state index is 0.0265. The zero-order valence-corrected chi connectivity index (χ0v) is 8.91. The highest BCUT2D eigenvalue weighted by molar-refractivity contribution is 5.85. The first-order valence-electron chi connectivity index (χ1n) is 5.00. The van der Waals surface area contributed by atoms with Crippen LogP contribution in [0.4, 0.5) is 0 Å². The van der Waals surface area contributed by atoms with Crippen molar-refractivity contribution in [2.75, 3.05) is 0 Å². The average Bonchev–Trinajstić information content (AvgIpc) is 2.33. The molecule has 0 radical (unpaired) electrons. The van der Waals surface area contributed by atoms with Gasteiger partial charge in [0.25, 0.3) is 5.56 Å². The predicted molar refractivity (Wildman–Crippen MR) is 61.0 cm³/mol. The molecule has 86 valence electrons. The maximum Gasteiger partial charge on any atom is 0.352 e. The van der Waals surface area contributed by atoms with Crippen LogP contribution in [0.25, 0.3) is 0 Å². The van der Waals surface area contributed by atoms with Gasteiger partial charge < -0.3 is 5.11 Å². The van der Waals surface area contributed by atoms with Gasteiger partial charge in [-0.15, -0.1) is 0 Å². The zero-order chi connectivity index (χ0) is 12.3. The molecular formula is C12H10N2O3. The summed E-state index contributed by atoms with van der Waals surface area (Å²) in [4.78, 5) is 26.5. The van der Waals surface area contributed by atoms with Gasteiger partial charge in [0.05, 0.1) is 6.54 Å². The number of pyridine rings is 2. The number of aromatic carboxylic acids is 1. The Bertz CT molecular complexity index is 590. The molecule has 0 fully saturated rings. The van der Waals surface area contributed by atoms with E-state index in [4.69, 9.17) is 5.11 Å². The van der Waals surface area contributed by atoms with E-state index in [0.29, 0.717) is 0 Å². The van der Waals surface area contributed by atoms with Crippen molar-refractivity contribution in [3.05, 3.63) is 64.3 Å². The lowest BCUT2D eigenvalue weighted by molar-refractivity contribution is 0.0684. The molecular weight excluding hydrogens is 220 g/mol. The SMILES string of the molecule is O=C(O)c1cccc(=O)n1Cc1cccnc1. The van der Waals surface area contributed by atoms with Crippen molar-refractivity contribution < 1.29 is 9.90 Å². The molecule has 0 saturated heterocycles. The second kappa shape index (κ2) is 4.61. The zero-order valence-electron chi connectivity index (χ0n) is 8.91. The van der Waals surface area contributed by atoms with Gasteiger partial charge in [-0.3, -0.25) is 14.3 Å². The number of carboxylic acid groups (broad SMARTS) is 1. The summed E-state index contributed by atoms with van der Waals surface area (Å²) in [6, 6.07) is 7.70. The summed E-state index contributed by atoms with van der Waals surface area (Å²) in [7, 11) is 0. The highest BCUT2D eigenvalue weighted by Crippen LogP contribution is 2.02. The van der Waals surface area contributed by atoms with Gasteiger partial charge in [0.1, 0.15) is 5.69 Å². The van der Waals surface area contributed by atoms with Gasteiger partial charge in [-0.25, -0.2) is 4.79 Å². The van der Waals surface area contributed by atoms with Gasteiger partial charge in [-0.2, -0.15) is 0 Å². The van der Waals surface area contributed by atoms with E-state index in [1.54, 1.807) is 24.5 Å². The Morgan fingerprint density at radius 1 is 1.29 bits per heavy atom. The summed E-state index contributed by atoms with van der Waals surface area (Å²) < 4.78 is 1.21. The van der Waals surface area contributed by atoms with Crippen molar-refractivity contribution in [3.63, 3.8) is 0 Å². The van der Waals surface area contributed by atoms with Gasteiger partial charge in [0, 0.05) is 18.5 Å². The fraction of sp³-hybridized carbons (Fsp3) is 0.0833. The number of carbonyl (C=O) groups is 1. The Hall–Kier alpha value is -2.43. The quantitative estimate of drug-likeness (QED) is 0.853. The van der Waals surface area contributed by atoms with E-state index in [9.17, 15) is 9.59 Å². The molecule has 0 aliphatic heterocycles. The monoisotopic (exact) mass is 230 g/mol. The fourth-order valence-corrected chi connectivity index (χ4v) is 1.54. The van der Waals surface area contributed by atoms with Crippen LogP contribution in [0.2, 0.25) is 0 Å². The normalized spacial score (nSPS) is 10.1. The summed E-state index contributed by atoms with van der Waals surface area (Å²) in [5.41, 5.74) is 0.415. The summed E-state index contributed by atoms with van der Waals surface area (Å²) in [5.74, 6) is -1.12. The van der Waals surface area contributed by atoms with E-state index in [-0.39, 0.29) is 17.8 Å². The van der Waals surface area contributed by atoms with Gasteiger partial charge in [0.15, 0.2) is 0 Å². The van der Waals surface area contributed by atoms with Crippen LogP contribution in [-0.2, 0) is 6.54 Å². The van der Waals surface area contributed by atoms with Crippen molar-refractivity contribution in [2.24, 2.45) is 0 Å². The van der Waals surface area contributed by atoms with Gasteiger partial charge >= 0.3 is 5.97 Å². The van der Waals surface area contributed by atoms with E-state index in [1.807, 2.05) is 0 Å². The topological polar surface area (TPSA) is 72.2 Å². The molecule has 1 N–H and O–H groups in total. The second-order valence-electron chi connectivity index (χ2n) is 3.50. The predicted octanol–water partition coefficient (Wildman–Crippen LogP) is 0.990. The molecule has 0 saturated carbocycles. The highest BCUT2D eigenvalue weighted by atomic mass is 16.4. The molecule has 5 nitrogen and oxygen atoms in total.